The first kappa shape index (κ1) is 29.5. The van der Waals surface area contributed by atoms with Crippen LogP contribution in [0.4, 0.5) is 13.2 Å². The molecule has 0 saturated carbocycles. The van der Waals surface area contributed by atoms with Crippen LogP contribution in [0.1, 0.15) is 42.9 Å². The van der Waals surface area contributed by atoms with Gasteiger partial charge in [0, 0.05) is 23.2 Å². The Morgan fingerprint density at radius 1 is 1.12 bits per heavy atom. The van der Waals surface area contributed by atoms with Crippen LogP contribution in [-0.2, 0) is 13.1 Å². The summed E-state index contributed by atoms with van der Waals surface area (Å²) >= 11 is 5.94. The molecule has 0 aliphatic carbocycles. The van der Waals surface area contributed by atoms with Crippen LogP contribution in [0.15, 0.2) is 59.7 Å². The normalized spacial score (nSPS) is 18.3. The Labute approximate surface area is 244 Å². The second kappa shape index (κ2) is 11.7. The highest BCUT2D eigenvalue weighted by Crippen LogP contribution is 2.27. The van der Waals surface area contributed by atoms with Crippen LogP contribution in [-0.4, -0.2) is 69.9 Å². The third kappa shape index (κ3) is 5.97. The largest absolute Gasteiger partial charge is 0.416 e. The maximum atomic E-state index is 13.5. The first-order valence-electron chi connectivity index (χ1n) is 13.4. The fourth-order valence-corrected chi connectivity index (χ4v) is 5.17. The molecule has 14 heteroatoms. The minimum Gasteiger partial charge on any atom is -0.382 e. The topological polar surface area (TPSA) is 111 Å². The van der Waals surface area contributed by atoms with Gasteiger partial charge in [0.2, 0.25) is 0 Å². The van der Waals surface area contributed by atoms with Gasteiger partial charge in [-0.3, -0.25) is 9.36 Å². The average Bonchev–Trinajstić information content (AvgIpc) is 3.54. The molecule has 4 aromatic rings. The van der Waals surface area contributed by atoms with E-state index in [1.54, 1.807) is 24.3 Å². The van der Waals surface area contributed by atoms with Gasteiger partial charge in [-0.05, 0) is 62.1 Å². The minimum absolute atomic E-state index is 0.0818. The highest BCUT2D eigenvalue weighted by atomic mass is 35.5. The van der Waals surface area contributed by atoms with Crippen molar-refractivity contribution in [3.63, 3.8) is 0 Å². The summed E-state index contributed by atoms with van der Waals surface area (Å²) in [5.74, 6) is 0.316. The Hall–Kier alpha value is -3.97. The number of likely N-dealkylation sites (tertiary alicyclic amines) is 1. The van der Waals surface area contributed by atoms with E-state index in [1.165, 1.54) is 35.3 Å². The maximum Gasteiger partial charge on any atom is 0.416 e. The molecule has 2 aromatic carbocycles. The predicted octanol–water partition coefficient (Wildman–Crippen LogP) is 4.18. The van der Waals surface area contributed by atoms with Gasteiger partial charge in [0.05, 0.1) is 17.8 Å². The number of hydrogen-bond donors (Lipinski definition) is 1. The molecular weight excluding hydrogens is 575 g/mol. The average molecular weight is 604 g/mol. The summed E-state index contributed by atoms with van der Waals surface area (Å²) in [4.78, 5) is 32.9. The molecule has 222 valence electrons. The first-order valence-corrected chi connectivity index (χ1v) is 13.8. The lowest BCUT2D eigenvalue weighted by atomic mass is 9.91. The monoisotopic (exact) mass is 603 g/mol. The van der Waals surface area contributed by atoms with Gasteiger partial charge in [-0.1, -0.05) is 30.7 Å². The van der Waals surface area contributed by atoms with Crippen molar-refractivity contribution >= 4 is 17.5 Å². The van der Waals surface area contributed by atoms with E-state index in [0.717, 1.165) is 22.1 Å². The summed E-state index contributed by atoms with van der Waals surface area (Å²) in [6.45, 7) is 3.52. The van der Waals surface area contributed by atoms with E-state index in [0.29, 0.717) is 34.3 Å². The first-order chi connectivity index (χ1) is 19.9. The van der Waals surface area contributed by atoms with Crippen molar-refractivity contribution in [3.05, 3.63) is 81.8 Å². The molecule has 2 aromatic heterocycles. The van der Waals surface area contributed by atoms with Gasteiger partial charge in [0.25, 0.3) is 5.91 Å². The van der Waals surface area contributed by atoms with Crippen LogP contribution < -0.4 is 5.69 Å². The van der Waals surface area contributed by atoms with Crippen molar-refractivity contribution < 1.29 is 23.1 Å². The fraction of sp³-hybridized carbons (Fsp3) is 0.393. The van der Waals surface area contributed by atoms with Crippen LogP contribution in [0, 0.1) is 5.92 Å². The molecule has 42 heavy (non-hydrogen) atoms. The van der Waals surface area contributed by atoms with Crippen molar-refractivity contribution in [1.29, 1.82) is 0 Å². The molecule has 1 N–H and O–H groups in total. The van der Waals surface area contributed by atoms with E-state index in [4.69, 9.17) is 11.6 Å². The van der Waals surface area contributed by atoms with Crippen LogP contribution in [0.2, 0.25) is 5.02 Å². The van der Waals surface area contributed by atoms with E-state index in [1.807, 2.05) is 11.8 Å². The predicted molar refractivity (Wildman–Crippen MR) is 148 cm³/mol. The number of carbonyl (C=O) groups is 1. The number of aliphatic hydroxyl groups is 1. The van der Waals surface area contributed by atoms with Crippen LogP contribution >= 0.6 is 11.6 Å². The second-order valence-electron chi connectivity index (χ2n) is 10.4. The van der Waals surface area contributed by atoms with E-state index < -0.39 is 24.5 Å². The standard InChI is InChI=1S/C28H29ClF3N7O3/c1-17-6-5-13-36(18(17)2)26(41)21-7-3-4-8-22(21)39-16-33-24(34-39)15-38-27(42)37(14-23(40)28(30,31)32)25(35-38)19-9-11-20(29)12-10-19/h3-4,7-12,16-18,23,40H,5-6,13-15H2,1-2H3. The second-order valence-corrected chi connectivity index (χ2v) is 10.9. The lowest BCUT2D eigenvalue weighted by Gasteiger charge is -2.38. The van der Waals surface area contributed by atoms with Gasteiger partial charge < -0.3 is 10.0 Å². The quantitative estimate of drug-likeness (QED) is 0.339. The van der Waals surface area contributed by atoms with Crippen LogP contribution in [0.3, 0.4) is 0 Å². The Bertz CT molecular complexity index is 1630. The maximum absolute atomic E-state index is 13.5. The van der Waals surface area contributed by atoms with Crippen molar-refractivity contribution in [3.8, 4) is 17.1 Å². The molecule has 1 aliphatic rings. The number of piperidine rings is 1. The zero-order chi connectivity index (χ0) is 30.2. The molecule has 10 nitrogen and oxygen atoms in total. The molecule has 1 fully saturated rings. The summed E-state index contributed by atoms with van der Waals surface area (Å²) in [5, 5.41) is 18.8. The summed E-state index contributed by atoms with van der Waals surface area (Å²) in [7, 11) is 0. The Morgan fingerprint density at radius 2 is 1.83 bits per heavy atom. The molecule has 1 amide bonds. The molecule has 1 saturated heterocycles. The van der Waals surface area contributed by atoms with E-state index in [-0.39, 0.29) is 30.1 Å². The Kier molecular flexibility index (Phi) is 8.24. The lowest BCUT2D eigenvalue weighted by Crippen LogP contribution is -2.46. The highest BCUT2D eigenvalue weighted by Gasteiger charge is 2.39. The minimum atomic E-state index is -4.94. The number of benzene rings is 2. The van der Waals surface area contributed by atoms with Crippen molar-refractivity contribution in [2.24, 2.45) is 5.92 Å². The number of amides is 1. The molecule has 0 spiro atoms. The van der Waals surface area contributed by atoms with Crippen molar-refractivity contribution in [2.75, 3.05) is 6.54 Å². The number of alkyl halides is 3. The van der Waals surface area contributed by atoms with Gasteiger partial charge in [-0.25, -0.2) is 19.1 Å². The van der Waals surface area contributed by atoms with Gasteiger partial charge in [0.15, 0.2) is 17.8 Å². The summed E-state index contributed by atoms with van der Waals surface area (Å²) in [6, 6.07) is 13.1. The molecule has 0 bridgehead atoms. The zero-order valence-corrected chi connectivity index (χ0v) is 23.6. The molecule has 5 rings (SSSR count). The molecule has 3 unspecified atom stereocenters. The number of aromatic nitrogens is 6. The molecule has 1 aliphatic heterocycles. The van der Waals surface area contributed by atoms with E-state index >= 15 is 0 Å². The number of hydrogen-bond acceptors (Lipinski definition) is 6. The number of aliphatic hydroxyl groups excluding tert-OH is 1. The van der Waals surface area contributed by atoms with E-state index in [9.17, 15) is 27.9 Å². The van der Waals surface area contributed by atoms with Crippen LogP contribution in [0.5, 0.6) is 0 Å². The third-order valence-electron chi connectivity index (χ3n) is 7.60. The van der Waals surface area contributed by atoms with Gasteiger partial charge >= 0.3 is 11.9 Å². The number of rotatable bonds is 7. The highest BCUT2D eigenvalue weighted by molar-refractivity contribution is 6.30. The molecule has 3 atom stereocenters. The SMILES string of the molecule is CC1CCCN(C(=O)c2ccccc2-n2cnc(Cn3nc(-c4ccc(Cl)cc4)n(CC(O)C(F)(F)F)c3=O)n2)C1C. The zero-order valence-electron chi connectivity index (χ0n) is 22.9. The van der Waals surface area contributed by atoms with Gasteiger partial charge in [0.1, 0.15) is 12.9 Å². The molecular formula is C28H29ClF3N7O3. The van der Waals surface area contributed by atoms with Crippen molar-refractivity contribution in [1.82, 2.24) is 34.0 Å². The number of carbonyl (C=O) groups excluding carboxylic acids is 1. The van der Waals surface area contributed by atoms with Crippen LogP contribution in [0.25, 0.3) is 17.1 Å². The number of nitrogens with zero attached hydrogens (tertiary/aromatic N) is 7. The third-order valence-corrected chi connectivity index (χ3v) is 7.86. The van der Waals surface area contributed by atoms with Crippen molar-refractivity contribution in [2.45, 2.75) is 58.1 Å². The van der Waals surface area contributed by atoms with Gasteiger partial charge in [-0.2, -0.15) is 13.2 Å². The summed E-state index contributed by atoms with van der Waals surface area (Å²) in [6.07, 6.45) is -4.33. The van der Waals surface area contributed by atoms with Gasteiger partial charge in [-0.15, -0.1) is 10.2 Å². The summed E-state index contributed by atoms with van der Waals surface area (Å²) in [5.41, 5.74) is 0.391. The Morgan fingerprint density at radius 3 is 2.55 bits per heavy atom. The number of halogens is 4. The summed E-state index contributed by atoms with van der Waals surface area (Å²) < 4.78 is 42.6. The lowest BCUT2D eigenvalue weighted by molar-refractivity contribution is -0.207. The number of para-hydroxylation sites is 1. The molecule has 0 radical (unpaired) electrons. The smallest absolute Gasteiger partial charge is 0.382 e. The van der Waals surface area contributed by atoms with E-state index in [2.05, 4.69) is 22.1 Å². The fourth-order valence-electron chi connectivity index (χ4n) is 5.05. The molecule has 3 heterocycles. The Balaban J connectivity index is 1.45.